The molecule has 1 atom stereocenters. The number of nitrogens with two attached hydrogens (primary N) is 1. The van der Waals surface area contributed by atoms with Gasteiger partial charge in [-0.3, -0.25) is 4.79 Å². The van der Waals surface area contributed by atoms with E-state index < -0.39 is 0 Å². The fourth-order valence-corrected chi connectivity index (χ4v) is 2.95. The van der Waals surface area contributed by atoms with Crippen LogP contribution in [0.15, 0.2) is 23.3 Å². The van der Waals surface area contributed by atoms with E-state index in [1.807, 2.05) is 6.07 Å². The van der Waals surface area contributed by atoms with Gasteiger partial charge < -0.3 is 15.6 Å². The van der Waals surface area contributed by atoms with Crippen molar-refractivity contribution in [1.29, 1.82) is 0 Å². The molecule has 0 saturated carbocycles. The first-order valence-corrected chi connectivity index (χ1v) is 6.74. The van der Waals surface area contributed by atoms with Crippen LogP contribution in [-0.4, -0.2) is 22.6 Å². The number of fused-ring (bicyclic) bond motifs is 1. The summed E-state index contributed by atoms with van der Waals surface area (Å²) in [6.07, 6.45) is 4.95. The molecular weight excluding hydrogens is 240 g/mol. The second kappa shape index (κ2) is 4.57. The molecule has 5 heteroatoms. The summed E-state index contributed by atoms with van der Waals surface area (Å²) in [5, 5.41) is 0.552. The molecule has 1 aliphatic rings. The van der Waals surface area contributed by atoms with Crippen LogP contribution in [-0.2, 0) is 0 Å². The highest BCUT2D eigenvalue weighted by Gasteiger charge is 2.25. The Bertz CT molecular complexity index is 664. The molecule has 1 aromatic heterocycles. The first kappa shape index (κ1) is 12.0. The Morgan fingerprint density at radius 1 is 1.53 bits per heavy atom. The van der Waals surface area contributed by atoms with Gasteiger partial charge in [-0.2, -0.15) is 0 Å². The smallest absolute Gasteiger partial charge is 0.258 e. The van der Waals surface area contributed by atoms with Gasteiger partial charge in [0.15, 0.2) is 0 Å². The Morgan fingerprint density at radius 2 is 2.37 bits per heavy atom. The molecule has 2 heterocycles. The monoisotopic (exact) mass is 258 g/mol. The summed E-state index contributed by atoms with van der Waals surface area (Å²) in [7, 11) is 0. The van der Waals surface area contributed by atoms with Crippen molar-refractivity contribution in [2.75, 3.05) is 17.2 Å². The molecule has 1 aromatic carbocycles. The number of anilines is 2. The minimum Gasteiger partial charge on any atom is -0.397 e. The van der Waals surface area contributed by atoms with Crippen molar-refractivity contribution in [3.05, 3.63) is 28.8 Å². The molecule has 0 amide bonds. The number of nitrogens with zero attached hydrogens (tertiary/aromatic N) is 2. The van der Waals surface area contributed by atoms with Crippen molar-refractivity contribution in [2.24, 2.45) is 0 Å². The number of hydrogen-bond acceptors (Lipinski definition) is 4. The minimum atomic E-state index is -0.142. The zero-order valence-corrected chi connectivity index (χ0v) is 11.0. The Morgan fingerprint density at radius 3 is 3.16 bits per heavy atom. The van der Waals surface area contributed by atoms with Gasteiger partial charge in [-0.05, 0) is 31.4 Å². The molecule has 0 aliphatic carbocycles. The lowest BCUT2D eigenvalue weighted by Gasteiger charge is -2.27. The van der Waals surface area contributed by atoms with Gasteiger partial charge in [0.2, 0.25) is 0 Å². The topological polar surface area (TPSA) is 75.0 Å². The largest absolute Gasteiger partial charge is 0.397 e. The second-order valence-electron chi connectivity index (χ2n) is 5.06. The third kappa shape index (κ3) is 1.95. The van der Waals surface area contributed by atoms with Gasteiger partial charge in [-0.25, -0.2) is 4.98 Å². The average Bonchev–Trinajstić information content (AvgIpc) is 2.87. The molecule has 0 radical (unpaired) electrons. The number of benzene rings is 1. The van der Waals surface area contributed by atoms with Gasteiger partial charge in [0, 0.05) is 12.6 Å². The molecule has 19 heavy (non-hydrogen) atoms. The molecule has 2 aromatic rings. The average molecular weight is 258 g/mol. The lowest BCUT2D eigenvalue weighted by atomic mass is 10.1. The van der Waals surface area contributed by atoms with E-state index in [-0.39, 0.29) is 5.56 Å². The van der Waals surface area contributed by atoms with Crippen molar-refractivity contribution in [3.63, 3.8) is 0 Å². The van der Waals surface area contributed by atoms with Gasteiger partial charge in [0.05, 0.1) is 28.6 Å². The van der Waals surface area contributed by atoms with Gasteiger partial charge in [-0.15, -0.1) is 0 Å². The number of hydrogen-bond donors (Lipinski definition) is 2. The molecule has 1 unspecified atom stereocenters. The maximum atomic E-state index is 11.7. The molecule has 3 rings (SSSR count). The van der Waals surface area contributed by atoms with Crippen LogP contribution in [0.4, 0.5) is 11.4 Å². The maximum Gasteiger partial charge on any atom is 0.258 e. The Balaban J connectivity index is 2.14. The number of aromatic nitrogens is 2. The number of rotatable bonds is 2. The zero-order valence-electron chi connectivity index (χ0n) is 11.0. The van der Waals surface area contributed by atoms with Crippen molar-refractivity contribution < 1.29 is 0 Å². The second-order valence-corrected chi connectivity index (χ2v) is 5.06. The fourth-order valence-electron chi connectivity index (χ4n) is 2.95. The van der Waals surface area contributed by atoms with Crippen LogP contribution in [0.2, 0.25) is 0 Å². The summed E-state index contributed by atoms with van der Waals surface area (Å²) in [6, 6.07) is 4.22. The normalized spacial score (nSPS) is 19.2. The van der Waals surface area contributed by atoms with E-state index in [4.69, 9.17) is 5.73 Å². The van der Waals surface area contributed by atoms with Gasteiger partial charge >= 0.3 is 0 Å². The van der Waals surface area contributed by atoms with Crippen LogP contribution in [0.25, 0.3) is 10.9 Å². The molecule has 0 spiro atoms. The lowest BCUT2D eigenvalue weighted by molar-refractivity contribution is 0.646. The van der Waals surface area contributed by atoms with Crippen LogP contribution >= 0.6 is 0 Å². The molecule has 1 fully saturated rings. The number of nitrogen functional groups attached to an aromatic ring is 1. The fraction of sp³-hybridized carbons (Fsp3) is 0.429. The van der Waals surface area contributed by atoms with Crippen LogP contribution in [0.1, 0.15) is 26.2 Å². The summed E-state index contributed by atoms with van der Waals surface area (Å²) >= 11 is 0. The van der Waals surface area contributed by atoms with E-state index in [2.05, 4.69) is 21.8 Å². The maximum absolute atomic E-state index is 11.7. The number of nitrogens with one attached hydrogen (secondary N) is 1. The SMILES string of the molecule is CCC1CCCN1c1cc2nc[nH]c(=O)c2cc1N. The van der Waals surface area contributed by atoms with Crippen molar-refractivity contribution >= 4 is 22.3 Å². The predicted molar refractivity (Wildman–Crippen MR) is 77.4 cm³/mol. The Labute approximate surface area is 111 Å². The summed E-state index contributed by atoms with van der Waals surface area (Å²) in [5.41, 5.74) is 8.36. The van der Waals surface area contributed by atoms with E-state index in [1.54, 1.807) is 6.07 Å². The highest BCUT2D eigenvalue weighted by molar-refractivity contribution is 5.88. The Kier molecular flexibility index (Phi) is 2.89. The molecule has 5 nitrogen and oxygen atoms in total. The van der Waals surface area contributed by atoms with Gasteiger partial charge in [-0.1, -0.05) is 6.92 Å². The van der Waals surface area contributed by atoms with E-state index >= 15 is 0 Å². The minimum absolute atomic E-state index is 0.142. The number of H-pyrrole nitrogens is 1. The molecule has 0 bridgehead atoms. The summed E-state index contributed by atoms with van der Waals surface area (Å²) in [6.45, 7) is 3.22. The van der Waals surface area contributed by atoms with Crippen molar-refractivity contribution in [1.82, 2.24) is 9.97 Å². The summed E-state index contributed by atoms with van der Waals surface area (Å²) in [5.74, 6) is 0. The van der Waals surface area contributed by atoms with Crippen LogP contribution in [0.5, 0.6) is 0 Å². The highest BCUT2D eigenvalue weighted by atomic mass is 16.1. The van der Waals surface area contributed by atoms with Crippen molar-refractivity contribution in [3.8, 4) is 0 Å². The zero-order chi connectivity index (χ0) is 13.4. The first-order valence-electron chi connectivity index (χ1n) is 6.74. The van der Waals surface area contributed by atoms with Crippen LogP contribution < -0.4 is 16.2 Å². The first-order chi connectivity index (χ1) is 9.20. The van der Waals surface area contributed by atoms with Gasteiger partial charge in [0.1, 0.15) is 0 Å². The molecule has 1 saturated heterocycles. The molecule has 3 N–H and O–H groups in total. The third-order valence-electron chi connectivity index (χ3n) is 3.95. The predicted octanol–water partition coefficient (Wildman–Crippen LogP) is 1.88. The molecule has 1 aliphatic heterocycles. The highest BCUT2D eigenvalue weighted by Crippen LogP contribution is 2.33. The molecular formula is C14H18N4O. The van der Waals surface area contributed by atoms with Crippen molar-refractivity contribution in [2.45, 2.75) is 32.2 Å². The Hall–Kier alpha value is -2.04. The van der Waals surface area contributed by atoms with E-state index in [9.17, 15) is 4.79 Å². The summed E-state index contributed by atoms with van der Waals surface area (Å²) in [4.78, 5) is 20.9. The van der Waals surface area contributed by atoms with E-state index in [0.29, 0.717) is 22.6 Å². The quantitative estimate of drug-likeness (QED) is 0.806. The standard InChI is InChI=1S/C14H18N4O/c1-2-9-4-3-5-18(9)13-7-12-10(6-11(13)15)14(19)17-8-16-12/h6-9H,2-5,15H2,1H3,(H,16,17,19). The molecule has 100 valence electrons. The van der Waals surface area contributed by atoms with Crippen LogP contribution in [0.3, 0.4) is 0 Å². The van der Waals surface area contributed by atoms with Crippen LogP contribution in [0, 0.1) is 0 Å². The third-order valence-corrected chi connectivity index (χ3v) is 3.95. The van der Waals surface area contributed by atoms with E-state index in [0.717, 1.165) is 18.7 Å². The summed E-state index contributed by atoms with van der Waals surface area (Å²) < 4.78 is 0. The van der Waals surface area contributed by atoms with Gasteiger partial charge in [0.25, 0.3) is 5.56 Å². The van der Waals surface area contributed by atoms with E-state index in [1.165, 1.54) is 19.2 Å². The number of aromatic amines is 1. The lowest BCUT2D eigenvalue weighted by Crippen LogP contribution is -2.29.